The van der Waals surface area contributed by atoms with Gasteiger partial charge in [-0.2, -0.15) is 0 Å². The molecule has 1 nitrogen and oxygen atoms in total. The maximum absolute atomic E-state index is 12.1. The molecule has 0 aromatic heterocycles. The van der Waals surface area contributed by atoms with E-state index < -0.39 is 0 Å². The molecule has 0 radical (unpaired) electrons. The maximum Gasteiger partial charge on any atom is 0.167 e. The zero-order chi connectivity index (χ0) is 13.1. The summed E-state index contributed by atoms with van der Waals surface area (Å²) >= 11 is 11.8. The summed E-state index contributed by atoms with van der Waals surface area (Å²) in [6.45, 7) is 1.89. The van der Waals surface area contributed by atoms with Gasteiger partial charge in [0.15, 0.2) is 5.78 Å². The van der Waals surface area contributed by atoms with Crippen molar-refractivity contribution >= 4 is 29.0 Å². The first-order valence-electron chi connectivity index (χ1n) is 5.60. The molecule has 0 bridgehead atoms. The Morgan fingerprint density at radius 3 is 2.56 bits per heavy atom. The molecule has 2 aromatic carbocycles. The fourth-order valence-corrected chi connectivity index (χ4v) is 2.08. The molecule has 0 atom stereocenters. The van der Waals surface area contributed by atoms with Gasteiger partial charge in [-0.25, -0.2) is 0 Å². The van der Waals surface area contributed by atoms with Gasteiger partial charge in [-0.15, -0.1) is 0 Å². The van der Waals surface area contributed by atoms with E-state index in [0.29, 0.717) is 22.0 Å². The lowest BCUT2D eigenvalue weighted by molar-refractivity contribution is 0.0993. The number of hydrogen-bond donors (Lipinski definition) is 0. The minimum atomic E-state index is 0.0667. The quantitative estimate of drug-likeness (QED) is 0.742. The molecule has 3 heteroatoms. The fraction of sp³-hybridized carbons (Fsp3) is 0.133. The molecule has 0 aliphatic heterocycles. The van der Waals surface area contributed by atoms with E-state index >= 15 is 0 Å². The van der Waals surface area contributed by atoms with Crippen molar-refractivity contribution in [3.63, 3.8) is 0 Å². The molecular weight excluding hydrogens is 267 g/mol. The van der Waals surface area contributed by atoms with Crippen LogP contribution in [-0.4, -0.2) is 5.78 Å². The van der Waals surface area contributed by atoms with E-state index in [2.05, 4.69) is 0 Å². The third kappa shape index (κ3) is 3.12. The average Bonchev–Trinajstić information content (AvgIpc) is 2.32. The summed E-state index contributed by atoms with van der Waals surface area (Å²) in [5, 5.41) is 1.32. The molecule has 0 saturated carbocycles. The Bertz CT molecular complexity index is 591. The second kappa shape index (κ2) is 5.55. The molecule has 2 aromatic rings. The van der Waals surface area contributed by atoms with Gasteiger partial charge in [0.1, 0.15) is 0 Å². The Kier molecular flexibility index (Phi) is 4.05. The normalized spacial score (nSPS) is 10.4. The minimum Gasteiger partial charge on any atom is -0.294 e. The van der Waals surface area contributed by atoms with Crippen molar-refractivity contribution in [2.45, 2.75) is 13.3 Å². The van der Waals surface area contributed by atoms with Crippen LogP contribution in [0.4, 0.5) is 0 Å². The van der Waals surface area contributed by atoms with Crippen LogP contribution in [0.15, 0.2) is 42.5 Å². The highest BCUT2D eigenvalue weighted by Gasteiger charge is 2.08. The number of carbonyl (C=O) groups excluding carboxylic acids is 1. The number of rotatable bonds is 3. The molecule has 0 saturated heterocycles. The molecule has 0 heterocycles. The van der Waals surface area contributed by atoms with Gasteiger partial charge >= 0.3 is 0 Å². The topological polar surface area (TPSA) is 17.1 Å². The molecule has 92 valence electrons. The minimum absolute atomic E-state index is 0.0667. The van der Waals surface area contributed by atoms with Crippen molar-refractivity contribution in [2.24, 2.45) is 0 Å². The van der Waals surface area contributed by atoms with Crippen molar-refractivity contribution in [1.82, 2.24) is 0 Å². The highest BCUT2D eigenvalue weighted by atomic mass is 35.5. The van der Waals surface area contributed by atoms with E-state index in [4.69, 9.17) is 23.2 Å². The van der Waals surface area contributed by atoms with Crippen molar-refractivity contribution in [3.05, 3.63) is 69.2 Å². The summed E-state index contributed by atoms with van der Waals surface area (Å²) < 4.78 is 0. The van der Waals surface area contributed by atoms with Gasteiger partial charge in [0.25, 0.3) is 0 Å². The predicted octanol–water partition coefficient (Wildman–Crippen LogP) is 4.73. The summed E-state index contributed by atoms with van der Waals surface area (Å²) in [6.07, 6.45) is 0.349. The second-order valence-corrected chi connectivity index (χ2v) is 5.04. The number of hydrogen-bond acceptors (Lipinski definition) is 1. The summed E-state index contributed by atoms with van der Waals surface area (Å²) in [7, 11) is 0. The van der Waals surface area contributed by atoms with Crippen molar-refractivity contribution in [3.8, 4) is 0 Å². The molecule has 0 fully saturated rings. The first-order chi connectivity index (χ1) is 8.56. The summed E-state index contributed by atoms with van der Waals surface area (Å²) in [5.74, 6) is 0.0667. The van der Waals surface area contributed by atoms with Gasteiger partial charge in [0.2, 0.25) is 0 Å². The first kappa shape index (κ1) is 13.1. The molecule has 0 aliphatic rings. The average molecular weight is 279 g/mol. The molecule has 2 rings (SSSR count). The SMILES string of the molecule is Cc1cc(C(=O)Cc2cccc(Cl)c2)ccc1Cl. The largest absolute Gasteiger partial charge is 0.294 e. The Labute approximate surface area is 116 Å². The number of benzene rings is 2. The molecular formula is C15H12Cl2O. The molecule has 18 heavy (non-hydrogen) atoms. The monoisotopic (exact) mass is 278 g/mol. The van der Waals surface area contributed by atoms with E-state index in [1.807, 2.05) is 31.2 Å². The third-order valence-electron chi connectivity index (χ3n) is 2.73. The Morgan fingerprint density at radius 2 is 1.89 bits per heavy atom. The Morgan fingerprint density at radius 1 is 1.11 bits per heavy atom. The van der Waals surface area contributed by atoms with Gasteiger partial charge in [0.05, 0.1) is 0 Å². The van der Waals surface area contributed by atoms with E-state index in [1.165, 1.54) is 0 Å². The van der Waals surface area contributed by atoms with Gasteiger partial charge < -0.3 is 0 Å². The Hall–Kier alpha value is -1.31. The third-order valence-corrected chi connectivity index (χ3v) is 3.39. The van der Waals surface area contributed by atoms with Crippen molar-refractivity contribution in [1.29, 1.82) is 0 Å². The molecule has 0 amide bonds. The molecule has 0 N–H and O–H groups in total. The molecule has 0 aliphatic carbocycles. The summed E-state index contributed by atoms with van der Waals surface area (Å²) in [6, 6.07) is 12.7. The van der Waals surface area contributed by atoms with E-state index in [9.17, 15) is 4.79 Å². The molecule has 0 spiro atoms. The van der Waals surface area contributed by atoms with Crippen molar-refractivity contribution < 1.29 is 4.79 Å². The van der Waals surface area contributed by atoms with Crippen LogP contribution in [-0.2, 0) is 6.42 Å². The van der Waals surface area contributed by atoms with Crippen LogP contribution >= 0.6 is 23.2 Å². The number of Topliss-reactive ketones (excluding diaryl/α,β-unsaturated/α-hetero) is 1. The van der Waals surface area contributed by atoms with Crippen LogP contribution < -0.4 is 0 Å². The summed E-state index contributed by atoms with van der Waals surface area (Å²) in [5.41, 5.74) is 2.51. The standard InChI is InChI=1S/C15H12Cl2O/c1-10-7-12(5-6-14(10)17)15(18)9-11-3-2-4-13(16)8-11/h2-8H,9H2,1H3. The number of halogens is 2. The Balaban J connectivity index is 2.19. The van der Waals surface area contributed by atoms with E-state index in [0.717, 1.165) is 11.1 Å². The van der Waals surface area contributed by atoms with Crippen LogP contribution in [0.3, 0.4) is 0 Å². The maximum atomic E-state index is 12.1. The number of carbonyl (C=O) groups is 1. The smallest absolute Gasteiger partial charge is 0.167 e. The van der Waals surface area contributed by atoms with Crippen LogP contribution in [0.2, 0.25) is 10.0 Å². The van der Waals surface area contributed by atoms with Crippen LogP contribution in [0.25, 0.3) is 0 Å². The van der Waals surface area contributed by atoms with Crippen LogP contribution in [0, 0.1) is 6.92 Å². The zero-order valence-electron chi connectivity index (χ0n) is 9.91. The van der Waals surface area contributed by atoms with Crippen LogP contribution in [0.5, 0.6) is 0 Å². The van der Waals surface area contributed by atoms with Gasteiger partial charge in [-0.3, -0.25) is 4.79 Å². The summed E-state index contributed by atoms with van der Waals surface area (Å²) in [4.78, 5) is 12.1. The lowest BCUT2D eigenvalue weighted by Crippen LogP contribution is -2.03. The van der Waals surface area contributed by atoms with Crippen molar-refractivity contribution in [2.75, 3.05) is 0 Å². The highest BCUT2D eigenvalue weighted by molar-refractivity contribution is 6.31. The van der Waals surface area contributed by atoms with Gasteiger partial charge in [-0.1, -0.05) is 35.3 Å². The second-order valence-electron chi connectivity index (χ2n) is 4.19. The first-order valence-corrected chi connectivity index (χ1v) is 6.35. The lowest BCUT2D eigenvalue weighted by Gasteiger charge is -2.04. The molecule has 0 unspecified atom stereocenters. The number of ketones is 1. The predicted molar refractivity (Wildman–Crippen MR) is 75.7 cm³/mol. The van der Waals surface area contributed by atoms with E-state index in [-0.39, 0.29) is 5.78 Å². The zero-order valence-corrected chi connectivity index (χ0v) is 11.4. The van der Waals surface area contributed by atoms with E-state index in [1.54, 1.807) is 18.2 Å². The lowest BCUT2D eigenvalue weighted by atomic mass is 10.0. The van der Waals surface area contributed by atoms with Gasteiger partial charge in [-0.05, 0) is 48.4 Å². The van der Waals surface area contributed by atoms with Gasteiger partial charge in [0, 0.05) is 22.0 Å². The highest BCUT2D eigenvalue weighted by Crippen LogP contribution is 2.18. The number of aryl methyl sites for hydroxylation is 1. The fourth-order valence-electron chi connectivity index (χ4n) is 1.75. The van der Waals surface area contributed by atoms with Crippen LogP contribution in [0.1, 0.15) is 21.5 Å².